The summed E-state index contributed by atoms with van der Waals surface area (Å²) in [6.45, 7) is 3.85. The van der Waals surface area contributed by atoms with Gasteiger partial charge in [0.1, 0.15) is 0 Å². The lowest BCUT2D eigenvalue weighted by Crippen LogP contribution is -2.22. The Balaban J connectivity index is 3.11. The van der Waals surface area contributed by atoms with E-state index in [4.69, 9.17) is 0 Å². The van der Waals surface area contributed by atoms with E-state index in [9.17, 15) is 4.79 Å². The number of hydrogen-bond donors (Lipinski definition) is 1. The third kappa shape index (κ3) is 3.21. The van der Waals surface area contributed by atoms with Crippen LogP contribution >= 0.6 is 0 Å². The predicted molar refractivity (Wildman–Crippen MR) is 30.6 cm³/mol. The zero-order chi connectivity index (χ0) is 6.41. The fourth-order valence-electron chi connectivity index (χ4n) is 0.228. The topological polar surface area (TPSA) is 38.3 Å². The molecule has 1 N–H and O–H groups in total. The van der Waals surface area contributed by atoms with Crippen molar-refractivity contribution in [3.8, 4) is 0 Å². The molecule has 46 valence electrons. The number of alkyl carbamates (subject to hydrolysis) is 1. The van der Waals surface area contributed by atoms with Crippen molar-refractivity contribution in [1.29, 1.82) is 0 Å². The molecule has 0 rings (SSSR count). The zero-order valence-electron chi connectivity index (χ0n) is 4.81. The maximum Gasteiger partial charge on any atom is 0.407 e. The van der Waals surface area contributed by atoms with Crippen molar-refractivity contribution in [3.05, 3.63) is 12.7 Å². The van der Waals surface area contributed by atoms with Gasteiger partial charge in [-0.25, -0.2) is 4.79 Å². The van der Waals surface area contributed by atoms with Crippen molar-refractivity contribution in [2.24, 2.45) is 0 Å². The maximum atomic E-state index is 10.2. The van der Waals surface area contributed by atoms with E-state index >= 15 is 0 Å². The van der Waals surface area contributed by atoms with E-state index in [0.717, 1.165) is 0 Å². The molecule has 0 spiro atoms. The minimum Gasteiger partial charge on any atom is -0.453 e. The van der Waals surface area contributed by atoms with E-state index < -0.39 is 6.09 Å². The molecule has 0 saturated carbocycles. The lowest BCUT2D eigenvalue weighted by Gasteiger charge is -1.96. The van der Waals surface area contributed by atoms with Gasteiger partial charge in [-0.1, -0.05) is 6.08 Å². The number of hydrogen-bond acceptors (Lipinski definition) is 2. The molecule has 0 aromatic carbocycles. The van der Waals surface area contributed by atoms with Crippen molar-refractivity contribution in [1.82, 2.24) is 5.32 Å². The number of methoxy groups -OCH3 is 1. The molecule has 8 heavy (non-hydrogen) atoms. The van der Waals surface area contributed by atoms with Gasteiger partial charge < -0.3 is 10.1 Å². The Hall–Kier alpha value is -0.990. The molecule has 0 unspecified atom stereocenters. The summed E-state index contributed by atoms with van der Waals surface area (Å²) < 4.78 is 4.25. The van der Waals surface area contributed by atoms with Crippen molar-refractivity contribution in [3.63, 3.8) is 0 Å². The van der Waals surface area contributed by atoms with Crippen molar-refractivity contribution in [2.45, 2.75) is 0 Å². The van der Waals surface area contributed by atoms with E-state index in [1.807, 2.05) is 0 Å². The standard InChI is InChI=1S/C5H9NO2/c1-3-4-6-5(7)8-2/h3H,1,4H2,2H3,(H,6,7). The Morgan fingerprint density at radius 3 is 3.00 bits per heavy atom. The van der Waals surface area contributed by atoms with Gasteiger partial charge in [-0.3, -0.25) is 0 Å². The van der Waals surface area contributed by atoms with Gasteiger partial charge in [0.2, 0.25) is 0 Å². The molecule has 0 bridgehead atoms. The summed E-state index contributed by atoms with van der Waals surface area (Å²) in [6.07, 6.45) is 1.15. The largest absolute Gasteiger partial charge is 0.453 e. The van der Waals surface area contributed by atoms with Crippen molar-refractivity contribution in [2.75, 3.05) is 13.7 Å². The second-order valence-corrected chi connectivity index (χ2v) is 1.16. The quantitative estimate of drug-likeness (QED) is 0.533. The monoisotopic (exact) mass is 115 g/mol. The first-order chi connectivity index (χ1) is 3.81. The molecule has 1 amide bonds. The minimum absolute atomic E-state index is 0.426. The summed E-state index contributed by atoms with van der Waals surface area (Å²) in [5, 5.41) is 2.40. The Bertz CT molecular complexity index is 90.4. The molecule has 0 radical (unpaired) electrons. The molecule has 0 aromatic heterocycles. The summed E-state index contributed by atoms with van der Waals surface area (Å²) in [5.74, 6) is 0. The average Bonchev–Trinajstić information content (AvgIpc) is 1.83. The van der Waals surface area contributed by atoms with E-state index in [-0.39, 0.29) is 0 Å². The second kappa shape index (κ2) is 4.18. The highest BCUT2D eigenvalue weighted by Gasteiger charge is 1.90. The normalized spacial score (nSPS) is 7.62. The van der Waals surface area contributed by atoms with Crippen LogP contribution in [-0.2, 0) is 4.74 Å². The third-order valence-electron chi connectivity index (χ3n) is 0.576. The summed E-state index contributed by atoms with van der Waals surface area (Å²) in [4.78, 5) is 10.2. The molecule has 0 fully saturated rings. The Morgan fingerprint density at radius 2 is 2.62 bits per heavy atom. The van der Waals surface area contributed by atoms with Crippen LogP contribution in [0.15, 0.2) is 12.7 Å². The molecule has 0 heterocycles. The van der Waals surface area contributed by atoms with Crippen LogP contribution in [0.3, 0.4) is 0 Å². The molecule has 3 heteroatoms. The van der Waals surface area contributed by atoms with Gasteiger partial charge in [0.25, 0.3) is 0 Å². The molecule has 0 aromatic rings. The van der Waals surface area contributed by atoms with Crippen LogP contribution in [-0.4, -0.2) is 19.7 Å². The van der Waals surface area contributed by atoms with Gasteiger partial charge in [-0.15, -0.1) is 6.58 Å². The minimum atomic E-state index is -0.426. The summed E-state index contributed by atoms with van der Waals surface area (Å²) >= 11 is 0. The van der Waals surface area contributed by atoms with E-state index in [0.29, 0.717) is 6.54 Å². The van der Waals surface area contributed by atoms with Crippen LogP contribution < -0.4 is 5.32 Å². The summed E-state index contributed by atoms with van der Waals surface area (Å²) in [5.41, 5.74) is 0. The van der Waals surface area contributed by atoms with Crippen LogP contribution in [0.4, 0.5) is 4.79 Å². The number of amides is 1. The molecule has 0 atom stereocenters. The molecule has 3 nitrogen and oxygen atoms in total. The molecule has 0 aliphatic rings. The lowest BCUT2D eigenvalue weighted by molar-refractivity contribution is 0.172. The fraction of sp³-hybridized carbons (Fsp3) is 0.400. The van der Waals surface area contributed by atoms with Crippen LogP contribution in [0, 0.1) is 0 Å². The molecule has 0 aliphatic heterocycles. The van der Waals surface area contributed by atoms with E-state index in [1.165, 1.54) is 7.11 Å². The molecule has 0 saturated heterocycles. The molecular formula is C5H9NO2. The lowest BCUT2D eigenvalue weighted by atomic mass is 10.6. The number of carbonyl (C=O) groups is 1. The fourth-order valence-corrected chi connectivity index (χ4v) is 0.228. The van der Waals surface area contributed by atoms with Crippen LogP contribution in [0.25, 0.3) is 0 Å². The van der Waals surface area contributed by atoms with Crippen LogP contribution in [0.2, 0.25) is 0 Å². The summed E-state index contributed by atoms with van der Waals surface area (Å²) in [6, 6.07) is 0. The summed E-state index contributed by atoms with van der Waals surface area (Å²) in [7, 11) is 1.32. The Morgan fingerprint density at radius 1 is 2.00 bits per heavy atom. The highest BCUT2D eigenvalue weighted by atomic mass is 16.5. The number of nitrogens with one attached hydrogen (secondary N) is 1. The number of rotatable bonds is 2. The van der Waals surface area contributed by atoms with Gasteiger partial charge >= 0.3 is 6.09 Å². The zero-order valence-corrected chi connectivity index (χ0v) is 4.81. The SMILES string of the molecule is C=CCNC(=O)OC. The van der Waals surface area contributed by atoms with Gasteiger partial charge in [0, 0.05) is 6.54 Å². The van der Waals surface area contributed by atoms with Gasteiger partial charge in [0.15, 0.2) is 0 Å². The van der Waals surface area contributed by atoms with E-state index in [1.54, 1.807) is 6.08 Å². The van der Waals surface area contributed by atoms with E-state index in [2.05, 4.69) is 16.6 Å². The van der Waals surface area contributed by atoms with Crippen LogP contribution in [0.1, 0.15) is 0 Å². The van der Waals surface area contributed by atoms with Crippen molar-refractivity contribution < 1.29 is 9.53 Å². The molecular weight excluding hydrogens is 106 g/mol. The highest BCUT2D eigenvalue weighted by Crippen LogP contribution is 1.68. The van der Waals surface area contributed by atoms with Crippen LogP contribution in [0.5, 0.6) is 0 Å². The molecule has 0 aliphatic carbocycles. The van der Waals surface area contributed by atoms with Gasteiger partial charge in [-0.2, -0.15) is 0 Å². The highest BCUT2D eigenvalue weighted by molar-refractivity contribution is 5.66. The Labute approximate surface area is 48.3 Å². The second-order valence-electron chi connectivity index (χ2n) is 1.16. The first-order valence-corrected chi connectivity index (χ1v) is 2.24. The van der Waals surface area contributed by atoms with Gasteiger partial charge in [-0.05, 0) is 0 Å². The van der Waals surface area contributed by atoms with Gasteiger partial charge in [0.05, 0.1) is 7.11 Å². The maximum absolute atomic E-state index is 10.2. The van der Waals surface area contributed by atoms with Crippen molar-refractivity contribution >= 4 is 6.09 Å². The predicted octanol–water partition coefficient (Wildman–Crippen LogP) is 0.528. The number of carbonyl (C=O) groups excluding carboxylic acids is 1. The first-order valence-electron chi connectivity index (χ1n) is 2.24. The smallest absolute Gasteiger partial charge is 0.407 e. The number of ether oxygens (including phenoxy) is 1. The Kier molecular flexibility index (Phi) is 3.66. The third-order valence-corrected chi connectivity index (χ3v) is 0.576. The average molecular weight is 115 g/mol. The first kappa shape index (κ1) is 7.01.